The van der Waals surface area contributed by atoms with E-state index in [1.807, 2.05) is 19.1 Å². The minimum atomic E-state index is -0.773. The Bertz CT molecular complexity index is 599. The molecule has 0 aliphatic heterocycles. The van der Waals surface area contributed by atoms with Crippen LogP contribution in [0.5, 0.6) is 5.75 Å². The van der Waals surface area contributed by atoms with E-state index in [-0.39, 0.29) is 5.56 Å². The molecule has 0 heterocycles. The Morgan fingerprint density at radius 3 is 2.47 bits per heavy atom. The summed E-state index contributed by atoms with van der Waals surface area (Å²) in [5, 5.41) is 0. The number of methoxy groups -OCH3 is 1. The molecule has 0 aliphatic rings. The first-order valence-corrected chi connectivity index (χ1v) is 5.88. The van der Waals surface area contributed by atoms with Gasteiger partial charge < -0.3 is 10.5 Å². The summed E-state index contributed by atoms with van der Waals surface area (Å²) in [4.78, 5) is 0. The van der Waals surface area contributed by atoms with Crippen molar-refractivity contribution in [2.75, 3.05) is 7.11 Å². The van der Waals surface area contributed by atoms with E-state index in [0.717, 1.165) is 23.8 Å². The molecule has 0 radical (unpaired) electrons. The fourth-order valence-corrected chi connectivity index (χ4v) is 2.02. The highest BCUT2D eigenvalue weighted by Crippen LogP contribution is 2.30. The van der Waals surface area contributed by atoms with E-state index in [0.29, 0.717) is 11.3 Å². The third-order valence-corrected chi connectivity index (χ3v) is 3.01. The Labute approximate surface area is 110 Å². The number of rotatable bonds is 3. The SMILES string of the molecule is COc1ccc(C)cc1C(N)c1cc(F)ccc1F. The lowest BCUT2D eigenvalue weighted by atomic mass is 9.96. The maximum atomic E-state index is 13.8. The van der Waals surface area contributed by atoms with Gasteiger partial charge >= 0.3 is 0 Å². The second kappa shape index (κ2) is 5.36. The van der Waals surface area contributed by atoms with Crippen molar-refractivity contribution in [1.82, 2.24) is 0 Å². The molecule has 2 nitrogen and oxygen atoms in total. The number of hydrogen-bond acceptors (Lipinski definition) is 2. The summed E-state index contributed by atoms with van der Waals surface area (Å²) >= 11 is 0. The highest BCUT2D eigenvalue weighted by Gasteiger charge is 2.18. The molecule has 0 aromatic heterocycles. The molecule has 4 heteroatoms. The van der Waals surface area contributed by atoms with Gasteiger partial charge in [-0.3, -0.25) is 0 Å². The Kier molecular flexibility index (Phi) is 3.81. The van der Waals surface area contributed by atoms with Crippen LogP contribution < -0.4 is 10.5 Å². The third kappa shape index (κ3) is 2.74. The number of aryl methyl sites for hydroxylation is 1. The zero-order valence-electron chi connectivity index (χ0n) is 10.8. The molecule has 1 unspecified atom stereocenters. The molecular weight excluding hydrogens is 248 g/mol. The second-order valence-corrected chi connectivity index (χ2v) is 4.39. The van der Waals surface area contributed by atoms with E-state index in [9.17, 15) is 8.78 Å². The van der Waals surface area contributed by atoms with E-state index in [1.54, 1.807) is 6.07 Å². The molecule has 0 bridgehead atoms. The molecule has 2 rings (SSSR count). The summed E-state index contributed by atoms with van der Waals surface area (Å²) in [5.41, 5.74) is 7.77. The lowest BCUT2D eigenvalue weighted by molar-refractivity contribution is 0.407. The molecule has 0 saturated carbocycles. The second-order valence-electron chi connectivity index (χ2n) is 4.39. The number of hydrogen-bond donors (Lipinski definition) is 1. The summed E-state index contributed by atoms with van der Waals surface area (Å²) in [7, 11) is 1.52. The third-order valence-electron chi connectivity index (χ3n) is 3.01. The van der Waals surface area contributed by atoms with Gasteiger partial charge in [-0.1, -0.05) is 17.7 Å². The minimum Gasteiger partial charge on any atom is -0.496 e. The normalized spacial score (nSPS) is 12.3. The Balaban J connectivity index is 2.51. The number of halogens is 2. The van der Waals surface area contributed by atoms with Crippen LogP contribution in [0.15, 0.2) is 36.4 Å². The zero-order chi connectivity index (χ0) is 14.0. The lowest BCUT2D eigenvalue weighted by Gasteiger charge is -2.17. The van der Waals surface area contributed by atoms with Crippen molar-refractivity contribution in [2.24, 2.45) is 5.73 Å². The average Bonchev–Trinajstić information content (AvgIpc) is 2.40. The van der Waals surface area contributed by atoms with Gasteiger partial charge in [0.15, 0.2) is 0 Å². The maximum Gasteiger partial charge on any atom is 0.128 e. The molecule has 2 aromatic carbocycles. The van der Waals surface area contributed by atoms with E-state index < -0.39 is 17.7 Å². The van der Waals surface area contributed by atoms with Crippen LogP contribution in [0.2, 0.25) is 0 Å². The molecule has 100 valence electrons. The summed E-state index contributed by atoms with van der Waals surface area (Å²) in [6.07, 6.45) is 0. The van der Waals surface area contributed by atoms with Gasteiger partial charge in [0, 0.05) is 11.1 Å². The van der Waals surface area contributed by atoms with Gasteiger partial charge in [-0.2, -0.15) is 0 Å². The molecular formula is C15H15F2NO. The van der Waals surface area contributed by atoms with Crippen molar-refractivity contribution in [3.05, 3.63) is 64.7 Å². The van der Waals surface area contributed by atoms with Gasteiger partial charge in [0.05, 0.1) is 13.2 Å². The van der Waals surface area contributed by atoms with Gasteiger partial charge in [-0.25, -0.2) is 8.78 Å². The lowest BCUT2D eigenvalue weighted by Crippen LogP contribution is -2.15. The molecule has 0 saturated heterocycles. The van der Waals surface area contributed by atoms with Crippen molar-refractivity contribution in [1.29, 1.82) is 0 Å². The first kappa shape index (κ1) is 13.5. The molecule has 2 N–H and O–H groups in total. The summed E-state index contributed by atoms with van der Waals surface area (Å²) in [6.45, 7) is 1.90. The number of nitrogens with two attached hydrogens (primary N) is 1. The van der Waals surface area contributed by atoms with Crippen LogP contribution in [0.25, 0.3) is 0 Å². The average molecular weight is 263 g/mol. The van der Waals surface area contributed by atoms with Crippen LogP contribution >= 0.6 is 0 Å². The predicted molar refractivity (Wildman–Crippen MR) is 70.1 cm³/mol. The van der Waals surface area contributed by atoms with Crippen LogP contribution in [0.1, 0.15) is 22.7 Å². The molecule has 2 aromatic rings. The van der Waals surface area contributed by atoms with Gasteiger partial charge in [-0.15, -0.1) is 0 Å². The van der Waals surface area contributed by atoms with Crippen LogP contribution in [0, 0.1) is 18.6 Å². The van der Waals surface area contributed by atoms with Crippen molar-refractivity contribution >= 4 is 0 Å². The fourth-order valence-electron chi connectivity index (χ4n) is 2.02. The number of benzene rings is 2. The highest BCUT2D eigenvalue weighted by molar-refractivity contribution is 5.43. The van der Waals surface area contributed by atoms with Crippen molar-refractivity contribution < 1.29 is 13.5 Å². The maximum absolute atomic E-state index is 13.8. The van der Waals surface area contributed by atoms with Crippen LogP contribution in [-0.4, -0.2) is 7.11 Å². The van der Waals surface area contributed by atoms with Gasteiger partial charge in [0.25, 0.3) is 0 Å². The van der Waals surface area contributed by atoms with Gasteiger partial charge in [0.2, 0.25) is 0 Å². The van der Waals surface area contributed by atoms with Crippen LogP contribution in [0.3, 0.4) is 0 Å². The molecule has 0 amide bonds. The van der Waals surface area contributed by atoms with Crippen molar-refractivity contribution in [3.8, 4) is 5.75 Å². The van der Waals surface area contributed by atoms with Gasteiger partial charge in [-0.05, 0) is 31.2 Å². The van der Waals surface area contributed by atoms with E-state index >= 15 is 0 Å². The quantitative estimate of drug-likeness (QED) is 0.921. The van der Waals surface area contributed by atoms with E-state index in [2.05, 4.69) is 0 Å². The molecule has 19 heavy (non-hydrogen) atoms. The highest BCUT2D eigenvalue weighted by atomic mass is 19.1. The molecule has 1 atom stereocenters. The van der Waals surface area contributed by atoms with E-state index in [1.165, 1.54) is 7.11 Å². The Morgan fingerprint density at radius 2 is 1.79 bits per heavy atom. The summed E-state index contributed by atoms with van der Waals surface area (Å²) in [5.74, 6) is -0.488. The first-order valence-electron chi connectivity index (χ1n) is 5.88. The largest absolute Gasteiger partial charge is 0.496 e. The first-order chi connectivity index (χ1) is 9.02. The van der Waals surface area contributed by atoms with Crippen LogP contribution in [-0.2, 0) is 0 Å². The topological polar surface area (TPSA) is 35.2 Å². The zero-order valence-corrected chi connectivity index (χ0v) is 10.8. The Hall–Kier alpha value is -1.94. The van der Waals surface area contributed by atoms with Crippen molar-refractivity contribution in [3.63, 3.8) is 0 Å². The standard InChI is InChI=1S/C15H15F2NO/c1-9-3-6-14(19-2)12(7-9)15(18)11-8-10(16)4-5-13(11)17/h3-8,15H,18H2,1-2H3. The van der Waals surface area contributed by atoms with Gasteiger partial charge in [0.1, 0.15) is 17.4 Å². The molecule has 0 aliphatic carbocycles. The Morgan fingerprint density at radius 1 is 1.05 bits per heavy atom. The minimum absolute atomic E-state index is 0.115. The fraction of sp³-hybridized carbons (Fsp3) is 0.200. The summed E-state index contributed by atoms with van der Waals surface area (Å²) < 4.78 is 32.2. The molecule has 0 spiro atoms. The summed E-state index contributed by atoms with van der Waals surface area (Å²) in [6, 6.07) is 7.94. The number of ether oxygens (including phenoxy) is 1. The van der Waals surface area contributed by atoms with E-state index in [4.69, 9.17) is 10.5 Å². The smallest absolute Gasteiger partial charge is 0.128 e. The predicted octanol–water partition coefficient (Wildman–Crippen LogP) is 3.33. The van der Waals surface area contributed by atoms with Crippen LogP contribution in [0.4, 0.5) is 8.78 Å². The monoisotopic (exact) mass is 263 g/mol. The molecule has 0 fully saturated rings. The van der Waals surface area contributed by atoms with Crippen molar-refractivity contribution in [2.45, 2.75) is 13.0 Å².